The maximum atomic E-state index is 11.6. The molecule has 0 atom stereocenters. The zero-order valence-corrected chi connectivity index (χ0v) is 6.66. The lowest BCUT2D eigenvalue weighted by molar-refractivity contribution is 0.288. The van der Waals surface area contributed by atoms with Gasteiger partial charge < -0.3 is 9.84 Å². The molecule has 0 fully saturated rings. The van der Waals surface area contributed by atoms with E-state index >= 15 is 0 Å². The molecule has 66 valence electrons. The van der Waals surface area contributed by atoms with Gasteiger partial charge in [0.1, 0.15) is 11.5 Å². The minimum atomic E-state index is -0.376. The fourth-order valence-electron chi connectivity index (χ4n) is 0.818. The fourth-order valence-corrected chi connectivity index (χ4v) is 0.818. The van der Waals surface area contributed by atoms with Crippen molar-refractivity contribution in [2.75, 3.05) is 13.3 Å². The van der Waals surface area contributed by atoms with Gasteiger partial charge in [-0.3, -0.25) is 4.39 Å². The van der Waals surface area contributed by atoms with Gasteiger partial charge in [-0.25, -0.2) is 0 Å². The highest BCUT2D eigenvalue weighted by Gasteiger charge is 1.93. The molecule has 0 aromatic heterocycles. The van der Waals surface area contributed by atoms with Crippen molar-refractivity contribution in [2.24, 2.45) is 0 Å². The first-order valence-electron chi connectivity index (χ1n) is 3.81. The summed E-state index contributed by atoms with van der Waals surface area (Å²) in [6.45, 7) is -0.0290. The van der Waals surface area contributed by atoms with Gasteiger partial charge in [0.2, 0.25) is 0 Å². The number of phenols is 1. The van der Waals surface area contributed by atoms with Crippen molar-refractivity contribution in [3.8, 4) is 11.5 Å². The third-order valence-corrected chi connectivity index (χ3v) is 1.36. The molecular weight excluding hydrogens is 159 g/mol. The van der Waals surface area contributed by atoms with Crippen LogP contribution in [0.25, 0.3) is 0 Å². The lowest BCUT2D eigenvalue weighted by Crippen LogP contribution is -1.97. The van der Waals surface area contributed by atoms with E-state index in [2.05, 4.69) is 0 Å². The number of aromatic hydroxyl groups is 1. The smallest absolute Gasteiger partial charge is 0.122 e. The average molecular weight is 170 g/mol. The molecule has 1 aromatic carbocycles. The molecule has 0 aliphatic heterocycles. The van der Waals surface area contributed by atoms with E-state index in [0.29, 0.717) is 18.8 Å². The van der Waals surface area contributed by atoms with Gasteiger partial charge in [0.05, 0.1) is 13.3 Å². The van der Waals surface area contributed by atoms with Crippen molar-refractivity contribution in [1.29, 1.82) is 0 Å². The van der Waals surface area contributed by atoms with E-state index in [0.717, 1.165) is 0 Å². The van der Waals surface area contributed by atoms with Crippen LogP contribution in [0.5, 0.6) is 11.5 Å². The molecule has 1 N–H and O–H groups in total. The Bertz CT molecular complexity index is 238. The van der Waals surface area contributed by atoms with Crippen LogP contribution < -0.4 is 4.74 Å². The molecular formula is C9H11FO2. The highest BCUT2D eigenvalue weighted by molar-refractivity contribution is 5.31. The molecule has 3 heteroatoms. The zero-order valence-electron chi connectivity index (χ0n) is 6.66. The summed E-state index contributed by atoms with van der Waals surface area (Å²) >= 11 is 0. The van der Waals surface area contributed by atoms with E-state index in [9.17, 15) is 4.39 Å². The number of halogens is 1. The predicted octanol–water partition coefficient (Wildman–Crippen LogP) is 2.13. The Balaban J connectivity index is 2.41. The number of benzene rings is 1. The standard InChI is InChI=1S/C9H11FO2/c10-5-2-6-12-9-4-1-3-8(11)7-9/h1,3-4,7,11H,2,5-6H2. The van der Waals surface area contributed by atoms with Crippen molar-refractivity contribution in [1.82, 2.24) is 0 Å². The Morgan fingerprint density at radius 2 is 2.25 bits per heavy atom. The molecule has 2 nitrogen and oxygen atoms in total. The Labute approximate surface area is 70.6 Å². The molecule has 1 rings (SSSR count). The van der Waals surface area contributed by atoms with Crippen molar-refractivity contribution in [3.63, 3.8) is 0 Å². The second-order valence-electron chi connectivity index (χ2n) is 2.39. The Morgan fingerprint density at radius 1 is 1.42 bits per heavy atom. The van der Waals surface area contributed by atoms with Crippen LogP contribution in [0.2, 0.25) is 0 Å². The Kier molecular flexibility index (Phi) is 3.38. The van der Waals surface area contributed by atoms with E-state index in [1.807, 2.05) is 0 Å². The molecule has 12 heavy (non-hydrogen) atoms. The molecule has 0 spiro atoms. The zero-order chi connectivity index (χ0) is 8.81. The van der Waals surface area contributed by atoms with Crippen molar-refractivity contribution in [3.05, 3.63) is 24.3 Å². The molecule has 0 saturated carbocycles. The predicted molar refractivity (Wildman–Crippen MR) is 44.2 cm³/mol. The van der Waals surface area contributed by atoms with E-state index < -0.39 is 0 Å². The number of hydrogen-bond acceptors (Lipinski definition) is 2. The molecule has 0 heterocycles. The van der Waals surface area contributed by atoms with E-state index in [4.69, 9.17) is 9.84 Å². The maximum absolute atomic E-state index is 11.6. The SMILES string of the molecule is Oc1cccc(OCCCF)c1. The third kappa shape index (κ3) is 2.78. The van der Waals surface area contributed by atoms with Gasteiger partial charge in [0.25, 0.3) is 0 Å². The summed E-state index contributed by atoms with van der Waals surface area (Å²) in [6.07, 6.45) is 0.385. The van der Waals surface area contributed by atoms with Gasteiger partial charge in [-0.05, 0) is 12.1 Å². The first-order chi connectivity index (χ1) is 5.83. The summed E-state index contributed by atoms with van der Waals surface area (Å²) in [7, 11) is 0. The lowest BCUT2D eigenvalue weighted by Gasteiger charge is -2.03. The summed E-state index contributed by atoms with van der Waals surface area (Å²) in [6, 6.07) is 6.46. The minimum absolute atomic E-state index is 0.160. The number of hydrogen-bond donors (Lipinski definition) is 1. The lowest BCUT2D eigenvalue weighted by atomic mass is 10.3. The summed E-state index contributed by atoms with van der Waals surface area (Å²) in [5.41, 5.74) is 0. The first-order valence-corrected chi connectivity index (χ1v) is 3.81. The van der Waals surface area contributed by atoms with Crippen LogP contribution in [-0.4, -0.2) is 18.4 Å². The highest BCUT2D eigenvalue weighted by Crippen LogP contribution is 2.17. The first kappa shape index (κ1) is 8.84. The van der Waals surface area contributed by atoms with E-state index in [1.165, 1.54) is 6.07 Å². The number of phenolic OH excluding ortho intramolecular Hbond substituents is 1. The molecule has 0 aliphatic carbocycles. The van der Waals surface area contributed by atoms with Crippen molar-refractivity contribution < 1.29 is 14.2 Å². The molecule has 1 aromatic rings. The molecule has 0 amide bonds. The van der Waals surface area contributed by atoms with Crippen LogP contribution in [0.3, 0.4) is 0 Å². The fraction of sp³-hybridized carbons (Fsp3) is 0.333. The summed E-state index contributed by atoms with van der Waals surface area (Å²) in [5.74, 6) is 0.733. The number of rotatable bonds is 4. The quantitative estimate of drug-likeness (QED) is 0.701. The van der Waals surface area contributed by atoms with Gasteiger partial charge in [-0.1, -0.05) is 6.07 Å². The van der Waals surface area contributed by atoms with Crippen LogP contribution in [0.15, 0.2) is 24.3 Å². The number of alkyl halides is 1. The largest absolute Gasteiger partial charge is 0.508 e. The minimum Gasteiger partial charge on any atom is -0.508 e. The van der Waals surface area contributed by atoms with Crippen LogP contribution in [0.1, 0.15) is 6.42 Å². The number of ether oxygens (including phenoxy) is 1. The average Bonchev–Trinajstić information content (AvgIpc) is 2.05. The van der Waals surface area contributed by atoms with Gasteiger partial charge >= 0.3 is 0 Å². The van der Waals surface area contributed by atoms with Crippen molar-refractivity contribution >= 4 is 0 Å². The van der Waals surface area contributed by atoms with Crippen molar-refractivity contribution in [2.45, 2.75) is 6.42 Å². The second-order valence-corrected chi connectivity index (χ2v) is 2.39. The van der Waals surface area contributed by atoms with Gasteiger partial charge in [0, 0.05) is 12.5 Å². The van der Waals surface area contributed by atoms with Crippen LogP contribution in [-0.2, 0) is 0 Å². The molecule has 0 unspecified atom stereocenters. The molecule has 0 saturated heterocycles. The van der Waals surface area contributed by atoms with Gasteiger partial charge in [-0.2, -0.15) is 0 Å². The Morgan fingerprint density at radius 3 is 2.92 bits per heavy atom. The van der Waals surface area contributed by atoms with E-state index in [-0.39, 0.29) is 12.4 Å². The normalized spacial score (nSPS) is 9.75. The van der Waals surface area contributed by atoms with Gasteiger partial charge in [-0.15, -0.1) is 0 Å². The topological polar surface area (TPSA) is 29.5 Å². The van der Waals surface area contributed by atoms with Gasteiger partial charge in [0.15, 0.2) is 0 Å². The van der Waals surface area contributed by atoms with Crippen LogP contribution in [0.4, 0.5) is 4.39 Å². The second kappa shape index (κ2) is 4.59. The third-order valence-electron chi connectivity index (χ3n) is 1.36. The van der Waals surface area contributed by atoms with E-state index in [1.54, 1.807) is 18.2 Å². The molecule has 0 radical (unpaired) electrons. The monoisotopic (exact) mass is 170 g/mol. The van der Waals surface area contributed by atoms with Crippen LogP contribution in [0, 0.1) is 0 Å². The molecule has 0 bridgehead atoms. The maximum Gasteiger partial charge on any atom is 0.122 e. The van der Waals surface area contributed by atoms with Crippen LogP contribution >= 0.6 is 0 Å². The molecule has 0 aliphatic rings. The highest BCUT2D eigenvalue weighted by atomic mass is 19.1. The summed E-state index contributed by atoms with van der Waals surface area (Å²) in [5, 5.41) is 9.02. The Hall–Kier alpha value is -1.25. The summed E-state index contributed by atoms with van der Waals surface area (Å²) in [4.78, 5) is 0. The summed E-state index contributed by atoms with van der Waals surface area (Å²) < 4.78 is 16.8.